The van der Waals surface area contributed by atoms with Crippen molar-refractivity contribution in [2.24, 2.45) is 0 Å². The number of hydrogen-bond acceptors (Lipinski definition) is 3. The van der Waals surface area contributed by atoms with E-state index in [1.54, 1.807) is 24.3 Å². The lowest BCUT2D eigenvalue weighted by Gasteiger charge is -2.08. The molecule has 0 saturated heterocycles. The van der Waals surface area contributed by atoms with Gasteiger partial charge in [-0.05, 0) is 30.7 Å². The van der Waals surface area contributed by atoms with Crippen molar-refractivity contribution in [1.82, 2.24) is 0 Å². The van der Waals surface area contributed by atoms with Crippen LogP contribution in [0, 0.1) is 17.7 Å². The fourth-order valence-electron chi connectivity index (χ4n) is 2.30. The zero-order valence-corrected chi connectivity index (χ0v) is 17.1. The van der Waals surface area contributed by atoms with Gasteiger partial charge in [-0.1, -0.05) is 31.5 Å². The zero-order valence-electron chi connectivity index (χ0n) is 16.1. The molecule has 3 rings (SSSR count). The highest BCUT2D eigenvalue weighted by atomic mass is 28.3. The van der Waals surface area contributed by atoms with E-state index in [4.69, 9.17) is 8.85 Å². The van der Waals surface area contributed by atoms with Crippen molar-refractivity contribution in [2.75, 3.05) is 6.54 Å². The molecule has 152 valence electrons. The number of para-hydroxylation sites is 1. The molecule has 0 aliphatic carbocycles. The van der Waals surface area contributed by atoms with Crippen LogP contribution in [0.4, 0.5) is 14.5 Å². The van der Waals surface area contributed by atoms with Gasteiger partial charge >= 0.3 is 9.17 Å². The molecule has 0 fully saturated rings. The summed E-state index contributed by atoms with van der Waals surface area (Å²) in [6.07, 6.45) is 2.06. The number of rotatable bonds is 8. The number of unbranched alkanes of at least 4 members (excludes halogenated alkanes) is 1. The van der Waals surface area contributed by atoms with Gasteiger partial charge in [-0.25, -0.2) is 8.78 Å². The molecule has 0 bridgehead atoms. The van der Waals surface area contributed by atoms with Crippen molar-refractivity contribution in [3.8, 4) is 11.5 Å². The first-order valence-electron chi connectivity index (χ1n) is 9.27. The van der Waals surface area contributed by atoms with E-state index in [1.165, 1.54) is 42.5 Å². The van der Waals surface area contributed by atoms with Gasteiger partial charge in [-0.2, -0.15) is 18.2 Å². The van der Waals surface area contributed by atoms with Crippen LogP contribution in [-0.4, -0.2) is 15.7 Å². The molecular weight excluding hydrogens is 392 g/mol. The van der Waals surface area contributed by atoms with E-state index in [-0.39, 0.29) is 11.6 Å². The van der Waals surface area contributed by atoms with Crippen LogP contribution in [0.1, 0.15) is 19.8 Å². The third-order valence-electron chi connectivity index (χ3n) is 3.71. The first-order chi connectivity index (χ1) is 14.1. The topological polar surface area (TPSA) is 52.1 Å². The Kier molecular flexibility index (Phi) is 9.68. The van der Waals surface area contributed by atoms with E-state index in [0.29, 0.717) is 17.2 Å². The predicted octanol–water partition coefficient (Wildman–Crippen LogP) is 4.32. The Morgan fingerprint density at radius 3 is 2.31 bits per heavy atom. The second-order valence-electron chi connectivity index (χ2n) is 6.01. The molecule has 0 heterocycles. The second-order valence-corrected chi connectivity index (χ2v) is 6.92. The molecule has 0 spiro atoms. The summed E-state index contributed by atoms with van der Waals surface area (Å²) in [5.41, 5.74) is 0.600. The molecule has 7 heteroatoms. The van der Waals surface area contributed by atoms with Crippen molar-refractivity contribution in [2.45, 2.75) is 19.8 Å². The highest BCUT2D eigenvalue weighted by molar-refractivity contribution is 6.28. The predicted molar refractivity (Wildman–Crippen MR) is 107 cm³/mol. The van der Waals surface area contributed by atoms with Crippen LogP contribution in [0.5, 0.6) is 11.5 Å². The number of benzene rings is 3. The first kappa shape index (κ1) is 22.4. The second kappa shape index (κ2) is 12.5. The Balaban J connectivity index is 0.000000360. The van der Waals surface area contributed by atoms with Crippen LogP contribution in [0.2, 0.25) is 0 Å². The zero-order chi connectivity index (χ0) is 20.9. The standard InChI is InChI=1S/C16H18FNO3Si.C6H4F/c1-2-3-11-18-15-12-13(17)9-10-16(15)21-22(19)20-14-7-5-4-6-8-14;7-6-4-2-1-3-5-6/h4-10,12,18H,2-3,11H2,1H3;2-5H/q;-1/p+1. The minimum absolute atomic E-state index is 0.209. The molecule has 29 heavy (non-hydrogen) atoms. The summed E-state index contributed by atoms with van der Waals surface area (Å²) in [5, 5.41) is 1.89. The third-order valence-corrected chi connectivity index (χ3v) is 4.50. The highest BCUT2D eigenvalue weighted by Crippen LogP contribution is 2.21. The fourth-order valence-corrected chi connectivity index (χ4v) is 3.03. The molecule has 3 aromatic rings. The summed E-state index contributed by atoms with van der Waals surface area (Å²) in [6, 6.07) is 21.4. The van der Waals surface area contributed by atoms with Crippen LogP contribution in [-0.2, 0) is 4.46 Å². The van der Waals surface area contributed by atoms with Gasteiger partial charge < -0.3 is 14.2 Å². The SMILES string of the molecule is CCCC[NH2+]c1cc(F)ccc1O[Si](=O)Oc1ccccc1.Fc1cc[c-]cc1. The molecule has 4 nitrogen and oxygen atoms in total. The van der Waals surface area contributed by atoms with Crippen LogP contribution in [0.15, 0.2) is 72.8 Å². The van der Waals surface area contributed by atoms with Crippen molar-refractivity contribution in [3.05, 3.63) is 90.5 Å². The van der Waals surface area contributed by atoms with Crippen LogP contribution >= 0.6 is 0 Å². The molecule has 0 aliphatic rings. The van der Waals surface area contributed by atoms with Crippen LogP contribution in [0.3, 0.4) is 0 Å². The molecule has 0 aliphatic heterocycles. The highest BCUT2D eigenvalue weighted by Gasteiger charge is 2.18. The van der Waals surface area contributed by atoms with Crippen molar-refractivity contribution in [1.29, 1.82) is 0 Å². The molecule has 0 amide bonds. The Hall–Kier alpha value is -2.90. The minimum atomic E-state index is -2.75. The van der Waals surface area contributed by atoms with E-state index in [2.05, 4.69) is 13.0 Å². The number of nitrogens with two attached hydrogens (primary N) is 1. The van der Waals surface area contributed by atoms with E-state index in [0.717, 1.165) is 19.4 Å². The molecule has 0 radical (unpaired) electrons. The lowest BCUT2D eigenvalue weighted by atomic mass is 10.2. The van der Waals surface area contributed by atoms with Crippen LogP contribution < -0.4 is 14.2 Å². The van der Waals surface area contributed by atoms with Gasteiger partial charge in [0.05, 0.1) is 6.54 Å². The molecule has 0 unspecified atom stereocenters. The van der Waals surface area contributed by atoms with Gasteiger partial charge in [0, 0.05) is 11.9 Å². The normalized spacial score (nSPS) is 9.90. The monoisotopic (exact) mass is 415 g/mol. The minimum Gasteiger partial charge on any atom is -0.459 e. The summed E-state index contributed by atoms with van der Waals surface area (Å²) in [6.45, 7) is 2.90. The maximum atomic E-state index is 13.4. The van der Waals surface area contributed by atoms with E-state index < -0.39 is 9.17 Å². The maximum absolute atomic E-state index is 13.4. The van der Waals surface area contributed by atoms with Gasteiger partial charge in [-0.15, -0.1) is 12.1 Å². The van der Waals surface area contributed by atoms with E-state index in [9.17, 15) is 13.2 Å². The Morgan fingerprint density at radius 1 is 0.966 bits per heavy atom. The molecule has 3 aromatic carbocycles. The molecular formula is C22H23F2NO3Si. The Morgan fingerprint density at radius 2 is 1.69 bits per heavy atom. The van der Waals surface area contributed by atoms with E-state index >= 15 is 0 Å². The van der Waals surface area contributed by atoms with Crippen molar-refractivity contribution < 1.29 is 27.4 Å². The maximum Gasteiger partial charge on any atom is 0.778 e. The average molecular weight is 416 g/mol. The van der Waals surface area contributed by atoms with Gasteiger partial charge in [0.25, 0.3) is 0 Å². The molecule has 0 saturated carbocycles. The lowest BCUT2D eigenvalue weighted by molar-refractivity contribution is -0.572. The summed E-state index contributed by atoms with van der Waals surface area (Å²) >= 11 is 0. The molecule has 2 N–H and O–H groups in total. The van der Waals surface area contributed by atoms with Gasteiger partial charge in [0.1, 0.15) is 11.6 Å². The average Bonchev–Trinajstić information content (AvgIpc) is 2.72. The quantitative estimate of drug-likeness (QED) is 0.258. The Bertz CT molecular complexity index is 880. The van der Waals surface area contributed by atoms with E-state index in [1.807, 2.05) is 11.4 Å². The lowest BCUT2D eigenvalue weighted by Crippen LogP contribution is -2.78. The largest absolute Gasteiger partial charge is 0.778 e. The fraction of sp³-hybridized carbons (Fsp3) is 0.182. The summed E-state index contributed by atoms with van der Waals surface area (Å²) < 4.78 is 47.8. The van der Waals surface area contributed by atoms with Gasteiger partial charge in [0.15, 0.2) is 11.4 Å². The summed E-state index contributed by atoms with van der Waals surface area (Å²) in [5.74, 6) is 0.292. The van der Waals surface area contributed by atoms with Crippen LogP contribution in [0.25, 0.3) is 0 Å². The number of hydrogen-bond donors (Lipinski definition) is 1. The Labute approximate surface area is 171 Å². The summed E-state index contributed by atoms with van der Waals surface area (Å²) in [7, 11) is -2.75. The van der Waals surface area contributed by atoms with Gasteiger partial charge in [-0.3, -0.25) is 4.46 Å². The molecule has 0 aromatic heterocycles. The van der Waals surface area contributed by atoms with Crippen molar-refractivity contribution in [3.63, 3.8) is 0 Å². The van der Waals surface area contributed by atoms with Crippen molar-refractivity contribution >= 4 is 14.9 Å². The first-order valence-corrected chi connectivity index (χ1v) is 10.5. The molecule has 0 atom stereocenters. The van der Waals surface area contributed by atoms with Gasteiger partial charge in [0.2, 0.25) is 0 Å². The third kappa shape index (κ3) is 8.76. The smallest absolute Gasteiger partial charge is 0.459 e. The summed E-state index contributed by atoms with van der Waals surface area (Å²) in [4.78, 5) is 0. The number of halogens is 2. The number of quaternary nitrogens is 1.